The second-order valence-electron chi connectivity index (χ2n) is 4.09. The zero-order chi connectivity index (χ0) is 14.9. The number of sulfonamides is 1. The lowest BCUT2D eigenvalue weighted by atomic mass is 10.3. The maximum Gasteiger partial charge on any atom is 0.240 e. The van der Waals surface area contributed by atoms with E-state index in [9.17, 15) is 8.42 Å². The molecule has 0 saturated carbocycles. The summed E-state index contributed by atoms with van der Waals surface area (Å²) in [7, 11) is -0.0309. The van der Waals surface area contributed by atoms with Crippen LogP contribution in [-0.4, -0.2) is 32.7 Å². The number of nitrogen functional groups attached to an aromatic ring is 1. The van der Waals surface area contributed by atoms with Gasteiger partial charge < -0.3 is 10.6 Å². The first-order valence-corrected chi connectivity index (χ1v) is 8.56. The molecule has 108 valence electrons. The number of primary sulfonamides is 1. The third-order valence-corrected chi connectivity index (χ3v) is 5.39. The topological polar surface area (TPSA) is 115 Å². The van der Waals surface area contributed by atoms with Crippen molar-refractivity contribution in [2.24, 2.45) is 5.14 Å². The lowest BCUT2D eigenvalue weighted by Gasteiger charge is -2.05. The lowest BCUT2D eigenvalue weighted by molar-refractivity contribution is 0.598. The molecule has 1 aromatic carbocycles. The molecular weight excluding hydrogens is 318 g/mol. The van der Waals surface area contributed by atoms with Crippen LogP contribution in [0.15, 0.2) is 32.3 Å². The summed E-state index contributed by atoms with van der Waals surface area (Å²) < 4.78 is 23.3. The number of rotatable bonds is 4. The molecule has 0 spiro atoms. The third kappa shape index (κ3) is 3.39. The first kappa shape index (κ1) is 15.0. The van der Waals surface area contributed by atoms with Crippen LogP contribution in [0.3, 0.4) is 0 Å². The quantitative estimate of drug-likeness (QED) is 0.802. The molecule has 7 nitrogen and oxygen atoms in total. The van der Waals surface area contributed by atoms with Crippen molar-refractivity contribution < 1.29 is 8.42 Å². The molecule has 0 bridgehead atoms. The molecule has 0 aliphatic carbocycles. The first-order valence-electron chi connectivity index (χ1n) is 5.38. The zero-order valence-corrected chi connectivity index (χ0v) is 13.2. The minimum Gasteiger partial charge on any atom is -0.398 e. The summed E-state index contributed by atoms with van der Waals surface area (Å²) in [5.41, 5.74) is 5.82. The van der Waals surface area contributed by atoms with Crippen molar-refractivity contribution in [3.63, 3.8) is 0 Å². The Morgan fingerprint density at radius 2 is 2.00 bits per heavy atom. The molecule has 1 aromatic heterocycles. The van der Waals surface area contributed by atoms with Crippen molar-refractivity contribution >= 4 is 43.9 Å². The minimum absolute atomic E-state index is 0.0758. The predicted molar refractivity (Wildman–Crippen MR) is 80.6 cm³/mol. The van der Waals surface area contributed by atoms with Crippen LogP contribution >= 0.6 is 23.1 Å². The fraction of sp³-hybridized carbons (Fsp3) is 0.200. The van der Waals surface area contributed by atoms with Gasteiger partial charge in [0, 0.05) is 19.0 Å². The van der Waals surface area contributed by atoms with Gasteiger partial charge in [0.25, 0.3) is 0 Å². The number of nitrogens with zero attached hydrogens (tertiary/aromatic N) is 3. The smallest absolute Gasteiger partial charge is 0.240 e. The van der Waals surface area contributed by atoms with Gasteiger partial charge in [0.15, 0.2) is 4.34 Å². The molecule has 0 aliphatic rings. The van der Waals surface area contributed by atoms with Gasteiger partial charge in [-0.05, 0) is 18.2 Å². The first-order chi connectivity index (χ1) is 9.27. The summed E-state index contributed by atoms with van der Waals surface area (Å²) in [6.45, 7) is 0. The Bertz CT molecular complexity index is 726. The van der Waals surface area contributed by atoms with E-state index in [1.54, 1.807) is 12.1 Å². The largest absolute Gasteiger partial charge is 0.398 e. The van der Waals surface area contributed by atoms with Crippen molar-refractivity contribution in [2.75, 3.05) is 24.7 Å². The molecule has 0 fully saturated rings. The van der Waals surface area contributed by atoms with E-state index in [0.717, 1.165) is 14.4 Å². The number of hydrogen-bond donors (Lipinski definition) is 2. The Labute approximate surface area is 125 Å². The van der Waals surface area contributed by atoms with Crippen molar-refractivity contribution in [1.82, 2.24) is 10.2 Å². The summed E-state index contributed by atoms with van der Waals surface area (Å²) in [6, 6.07) is 4.58. The van der Waals surface area contributed by atoms with E-state index >= 15 is 0 Å². The van der Waals surface area contributed by atoms with Gasteiger partial charge in [-0.25, -0.2) is 13.6 Å². The molecule has 0 saturated heterocycles. The third-order valence-electron chi connectivity index (χ3n) is 2.27. The van der Waals surface area contributed by atoms with E-state index < -0.39 is 10.0 Å². The Balaban J connectivity index is 2.24. The van der Waals surface area contributed by atoms with Crippen molar-refractivity contribution in [1.29, 1.82) is 0 Å². The van der Waals surface area contributed by atoms with E-state index in [2.05, 4.69) is 10.2 Å². The normalized spacial score (nSPS) is 11.6. The number of nitrogens with two attached hydrogens (primary N) is 2. The Morgan fingerprint density at radius 1 is 1.30 bits per heavy atom. The monoisotopic (exact) mass is 331 g/mol. The number of benzene rings is 1. The van der Waals surface area contributed by atoms with Crippen molar-refractivity contribution in [3.05, 3.63) is 18.2 Å². The van der Waals surface area contributed by atoms with Gasteiger partial charge in [-0.1, -0.05) is 23.1 Å². The highest BCUT2D eigenvalue weighted by atomic mass is 32.2. The van der Waals surface area contributed by atoms with Crippen LogP contribution in [0.4, 0.5) is 10.8 Å². The van der Waals surface area contributed by atoms with Crippen molar-refractivity contribution in [2.45, 2.75) is 14.1 Å². The van der Waals surface area contributed by atoms with Gasteiger partial charge in [0.2, 0.25) is 15.2 Å². The number of anilines is 2. The second kappa shape index (κ2) is 5.56. The fourth-order valence-corrected chi connectivity index (χ4v) is 3.81. The van der Waals surface area contributed by atoms with E-state index in [1.807, 2.05) is 19.0 Å². The Kier molecular flexibility index (Phi) is 4.18. The standard InChI is InChI=1S/C10H13N5O2S3/c1-15(2)9-13-14-10(19-9)18-6-3-4-8(7(11)5-6)20(12,16)17/h3-5H,11H2,1-2H3,(H2,12,16,17). The molecule has 0 atom stereocenters. The van der Waals surface area contributed by atoms with Crippen molar-refractivity contribution in [3.8, 4) is 0 Å². The van der Waals surface area contributed by atoms with Gasteiger partial charge in [-0.15, -0.1) is 10.2 Å². The van der Waals surface area contributed by atoms with Crippen LogP contribution in [0.1, 0.15) is 0 Å². The fourth-order valence-electron chi connectivity index (χ4n) is 1.37. The highest BCUT2D eigenvalue weighted by Gasteiger charge is 2.14. The highest BCUT2D eigenvalue weighted by molar-refractivity contribution is 8.01. The number of hydrogen-bond acceptors (Lipinski definition) is 8. The highest BCUT2D eigenvalue weighted by Crippen LogP contribution is 2.34. The van der Waals surface area contributed by atoms with E-state index in [-0.39, 0.29) is 10.6 Å². The molecule has 0 aliphatic heterocycles. The maximum atomic E-state index is 11.3. The summed E-state index contributed by atoms with van der Waals surface area (Å²) >= 11 is 2.80. The molecular formula is C10H13N5O2S3. The van der Waals surface area contributed by atoms with Crippen LogP contribution < -0.4 is 15.8 Å². The van der Waals surface area contributed by atoms with E-state index in [4.69, 9.17) is 10.9 Å². The van der Waals surface area contributed by atoms with Gasteiger partial charge >= 0.3 is 0 Å². The molecule has 0 amide bonds. The summed E-state index contributed by atoms with van der Waals surface area (Å²) in [5, 5.41) is 13.9. The maximum absolute atomic E-state index is 11.3. The molecule has 4 N–H and O–H groups in total. The Hall–Kier alpha value is -1.36. The SMILES string of the molecule is CN(C)c1nnc(Sc2ccc(S(N)(=O)=O)c(N)c2)s1. The Morgan fingerprint density at radius 3 is 2.50 bits per heavy atom. The van der Waals surface area contributed by atoms with E-state index in [1.165, 1.54) is 29.2 Å². The predicted octanol–water partition coefficient (Wildman–Crippen LogP) is 0.985. The van der Waals surface area contributed by atoms with Crippen LogP contribution in [-0.2, 0) is 10.0 Å². The zero-order valence-electron chi connectivity index (χ0n) is 10.8. The number of aromatic nitrogens is 2. The summed E-state index contributed by atoms with van der Waals surface area (Å²) in [5.74, 6) is 0. The molecule has 0 unspecified atom stereocenters. The van der Waals surface area contributed by atoms with Crippen LogP contribution in [0.5, 0.6) is 0 Å². The molecule has 2 rings (SSSR count). The average molecular weight is 331 g/mol. The van der Waals surface area contributed by atoms with Gasteiger partial charge in [-0.3, -0.25) is 0 Å². The minimum atomic E-state index is -3.80. The van der Waals surface area contributed by atoms with E-state index in [0.29, 0.717) is 0 Å². The summed E-state index contributed by atoms with van der Waals surface area (Å²) in [6.07, 6.45) is 0. The summed E-state index contributed by atoms with van der Waals surface area (Å²) in [4.78, 5) is 2.56. The molecule has 10 heteroatoms. The average Bonchev–Trinajstić information content (AvgIpc) is 2.76. The molecule has 20 heavy (non-hydrogen) atoms. The lowest BCUT2D eigenvalue weighted by Crippen LogP contribution is -2.14. The van der Waals surface area contributed by atoms with Gasteiger partial charge in [-0.2, -0.15) is 0 Å². The molecule has 1 heterocycles. The van der Waals surface area contributed by atoms with Crippen LogP contribution in [0, 0.1) is 0 Å². The molecule has 2 aromatic rings. The molecule has 0 radical (unpaired) electrons. The van der Waals surface area contributed by atoms with Crippen LogP contribution in [0.2, 0.25) is 0 Å². The second-order valence-corrected chi connectivity index (χ2v) is 7.90. The van der Waals surface area contributed by atoms with Crippen LogP contribution in [0.25, 0.3) is 0 Å². The van der Waals surface area contributed by atoms with Gasteiger partial charge in [0.05, 0.1) is 5.69 Å². The van der Waals surface area contributed by atoms with Gasteiger partial charge in [0.1, 0.15) is 4.90 Å².